The first-order chi connectivity index (χ1) is 10.8. The van der Waals surface area contributed by atoms with Gasteiger partial charge in [-0.25, -0.2) is 8.78 Å². The van der Waals surface area contributed by atoms with E-state index in [0.717, 1.165) is 17.7 Å². The van der Waals surface area contributed by atoms with Crippen LogP contribution in [0.2, 0.25) is 0 Å². The molecule has 0 aromatic heterocycles. The monoisotopic (exact) mass is 319 g/mol. The van der Waals surface area contributed by atoms with E-state index in [1.165, 1.54) is 0 Å². The Labute approximate surface area is 134 Å². The topological polar surface area (TPSA) is 38.3 Å². The molecule has 0 unspecified atom stereocenters. The van der Waals surface area contributed by atoms with Gasteiger partial charge in [-0.1, -0.05) is 32.9 Å². The van der Waals surface area contributed by atoms with Crippen LogP contribution in [0.3, 0.4) is 0 Å². The summed E-state index contributed by atoms with van der Waals surface area (Å²) in [6.07, 6.45) is 0. The van der Waals surface area contributed by atoms with E-state index in [1.54, 1.807) is 12.1 Å². The van der Waals surface area contributed by atoms with Gasteiger partial charge in [0.25, 0.3) is 5.91 Å². The highest BCUT2D eigenvalue weighted by Crippen LogP contribution is 2.23. The zero-order valence-corrected chi connectivity index (χ0v) is 13.3. The molecule has 0 bridgehead atoms. The highest BCUT2D eigenvalue weighted by atomic mass is 19.1. The largest absolute Gasteiger partial charge is 0.481 e. The maximum Gasteiger partial charge on any atom is 0.262 e. The lowest BCUT2D eigenvalue weighted by atomic mass is 9.87. The first kappa shape index (κ1) is 16.9. The molecule has 3 nitrogen and oxygen atoms in total. The van der Waals surface area contributed by atoms with Crippen LogP contribution in [-0.2, 0) is 10.2 Å². The second-order valence-electron chi connectivity index (χ2n) is 6.24. The molecule has 2 aromatic rings. The minimum absolute atomic E-state index is 0.0335. The van der Waals surface area contributed by atoms with Crippen molar-refractivity contribution in [2.45, 2.75) is 26.2 Å². The van der Waals surface area contributed by atoms with Crippen LogP contribution in [0.15, 0.2) is 42.5 Å². The number of amides is 1. The van der Waals surface area contributed by atoms with Crippen LogP contribution >= 0.6 is 0 Å². The molecule has 1 amide bonds. The van der Waals surface area contributed by atoms with Crippen molar-refractivity contribution in [1.29, 1.82) is 0 Å². The van der Waals surface area contributed by atoms with Crippen molar-refractivity contribution in [3.8, 4) is 5.75 Å². The average Bonchev–Trinajstić information content (AvgIpc) is 2.46. The third-order valence-electron chi connectivity index (χ3n) is 3.29. The molecule has 2 aromatic carbocycles. The van der Waals surface area contributed by atoms with Gasteiger partial charge in [0.2, 0.25) is 0 Å². The van der Waals surface area contributed by atoms with E-state index in [2.05, 4.69) is 26.1 Å². The van der Waals surface area contributed by atoms with Crippen molar-refractivity contribution >= 4 is 11.6 Å². The van der Waals surface area contributed by atoms with Gasteiger partial charge >= 0.3 is 0 Å². The number of nitrogens with one attached hydrogen (secondary N) is 1. The number of benzene rings is 2. The number of rotatable bonds is 4. The minimum Gasteiger partial charge on any atom is -0.481 e. The Morgan fingerprint density at radius 2 is 1.74 bits per heavy atom. The molecule has 122 valence electrons. The van der Waals surface area contributed by atoms with Gasteiger partial charge in [0, 0.05) is 11.8 Å². The number of hydrogen-bond donors (Lipinski definition) is 1. The maximum absolute atomic E-state index is 13.4. The molecule has 0 aliphatic rings. The Morgan fingerprint density at radius 3 is 2.30 bits per heavy atom. The third-order valence-corrected chi connectivity index (χ3v) is 3.29. The van der Waals surface area contributed by atoms with Gasteiger partial charge in [-0.3, -0.25) is 4.79 Å². The van der Waals surface area contributed by atoms with Crippen molar-refractivity contribution in [3.63, 3.8) is 0 Å². The number of hydrogen-bond acceptors (Lipinski definition) is 2. The van der Waals surface area contributed by atoms with Crippen LogP contribution in [0.25, 0.3) is 0 Å². The fourth-order valence-corrected chi connectivity index (χ4v) is 1.99. The van der Waals surface area contributed by atoms with Crippen molar-refractivity contribution in [2.24, 2.45) is 0 Å². The molecule has 5 heteroatoms. The normalized spacial score (nSPS) is 11.2. The summed E-state index contributed by atoms with van der Waals surface area (Å²) in [6.45, 7) is 5.95. The lowest BCUT2D eigenvalue weighted by Gasteiger charge is -2.19. The summed E-state index contributed by atoms with van der Waals surface area (Å²) in [5.41, 5.74) is 1.82. The highest BCUT2D eigenvalue weighted by molar-refractivity contribution is 5.91. The van der Waals surface area contributed by atoms with Crippen molar-refractivity contribution < 1.29 is 18.3 Å². The van der Waals surface area contributed by atoms with Crippen molar-refractivity contribution in [3.05, 3.63) is 59.7 Å². The standard InChI is InChI=1S/C18H19F2NO2/c1-18(2,3)12-4-7-14(8-5-12)21-17(22)11-23-16-9-6-13(19)10-15(16)20/h4-10H,11H2,1-3H3,(H,21,22). The molecule has 2 rings (SSSR count). The second kappa shape index (κ2) is 6.77. The van der Waals surface area contributed by atoms with Crippen LogP contribution in [0.5, 0.6) is 5.75 Å². The van der Waals surface area contributed by atoms with Gasteiger partial charge in [0.05, 0.1) is 0 Å². The van der Waals surface area contributed by atoms with Crippen LogP contribution in [0.1, 0.15) is 26.3 Å². The quantitative estimate of drug-likeness (QED) is 0.913. The second-order valence-corrected chi connectivity index (χ2v) is 6.24. The molecule has 0 spiro atoms. The van der Waals surface area contributed by atoms with E-state index < -0.39 is 17.5 Å². The molecule has 0 saturated carbocycles. The Balaban J connectivity index is 1.92. The van der Waals surface area contributed by atoms with Gasteiger partial charge in [-0.15, -0.1) is 0 Å². The molecule has 0 heterocycles. The first-order valence-electron chi connectivity index (χ1n) is 7.24. The maximum atomic E-state index is 13.4. The Kier molecular flexibility index (Phi) is 4.98. The fourth-order valence-electron chi connectivity index (χ4n) is 1.99. The number of ether oxygens (including phenoxy) is 1. The van der Waals surface area contributed by atoms with E-state index in [1.807, 2.05) is 12.1 Å². The summed E-state index contributed by atoms with van der Waals surface area (Å²) >= 11 is 0. The Bertz CT molecular complexity index is 691. The van der Waals surface area contributed by atoms with Gasteiger partial charge in [-0.2, -0.15) is 0 Å². The summed E-state index contributed by atoms with van der Waals surface area (Å²) in [7, 11) is 0. The van der Waals surface area contributed by atoms with E-state index >= 15 is 0 Å². The average molecular weight is 319 g/mol. The summed E-state index contributed by atoms with van der Waals surface area (Å²) in [6, 6.07) is 10.4. The molecule has 0 aliphatic heterocycles. The SMILES string of the molecule is CC(C)(C)c1ccc(NC(=O)COc2ccc(F)cc2F)cc1. The molecule has 0 atom stereocenters. The van der Waals surface area contributed by atoms with E-state index in [4.69, 9.17) is 4.74 Å². The minimum atomic E-state index is -0.840. The molecule has 1 N–H and O–H groups in total. The summed E-state index contributed by atoms with van der Waals surface area (Å²) in [5, 5.41) is 2.66. The van der Waals surface area contributed by atoms with Crippen LogP contribution in [-0.4, -0.2) is 12.5 Å². The summed E-state index contributed by atoms with van der Waals surface area (Å²) in [4.78, 5) is 11.8. The lowest BCUT2D eigenvalue weighted by Crippen LogP contribution is -2.20. The smallest absolute Gasteiger partial charge is 0.262 e. The Hall–Kier alpha value is -2.43. The van der Waals surface area contributed by atoms with Gasteiger partial charge in [0.15, 0.2) is 18.2 Å². The van der Waals surface area contributed by atoms with E-state index in [9.17, 15) is 13.6 Å². The third kappa shape index (κ3) is 4.77. The van der Waals surface area contributed by atoms with Crippen molar-refractivity contribution in [1.82, 2.24) is 0 Å². The molecule has 0 fully saturated rings. The predicted octanol–water partition coefficient (Wildman–Crippen LogP) is 4.28. The van der Waals surface area contributed by atoms with Crippen LogP contribution < -0.4 is 10.1 Å². The fraction of sp³-hybridized carbons (Fsp3) is 0.278. The first-order valence-corrected chi connectivity index (χ1v) is 7.24. The zero-order valence-electron chi connectivity index (χ0n) is 13.3. The van der Waals surface area contributed by atoms with E-state index in [0.29, 0.717) is 11.8 Å². The van der Waals surface area contributed by atoms with Crippen molar-refractivity contribution in [2.75, 3.05) is 11.9 Å². The van der Waals surface area contributed by atoms with Gasteiger partial charge in [-0.05, 0) is 35.2 Å². The van der Waals surface area contributed by atoms with Crippen LogP contribution in [0.4, 0.5) is 14.5 Å². The van der Waals surface area contributed by atoms with Crippen LogP contribution in [0, 0.1) is 11.6 Å². The molecule has 0 radical (unpaired) electrons. The highest BCUT2D eigenvalue weighted by Gasteiger charge is 2.13. The molecule has 0 saturated heterocycles. The van der Waals surface area contributed by atoms with Gasteiger partial charge < -0.3 is 10.1 Å². The molecular formula is C18H19F2NO2. The number of carbonyl (C=O) groups is 1. The molecule has 23 heavy (non-hydrogen) atoms. The lowest BCUT2D eigenvalue weighted by molar-refractivity contribution is -0.118. The summed E-state index contributed by atoms with van der Waals surface area (Å²) in [5.74, 6) is -2.12. The van der Waals surface area contributed by atoms with E-state index in [-0.39, 0.29) is 17.8 Å². The number of carbonyl (C=O) groups excluding carboxylic acids is 1. The molecule has 0 aliphatic carbocycles. The predicted molar refractivity (Wildman–Crippen MR) is 85.6 cm³/mol. The number of halogens is 2. The summed E-state index contributed by atoms with van der Waals surface area (Å²) < 4.78 is 31.2. The Morgan fingerprint density at radius 1 is 1.09 bits per heavy atom. The molecular weight excluding hydrogens is 300 g/mol. The number of anilines is 1. The van der Waals surface area contributed by atoms with Gasteiger partial charge in [0.1, 0.15) is 5.82 Å². The zero-order chi connectivity index (χ0) is 17.0.